The van der Waals surface area contributed by atoms with Gasteiger partial charge in [-0.2, -0.15) is 5.10 Å². The fraction of sp³-hybridized carbons (Fsp3) is 0.150. The summed E-state index contributed by atoms with van der Waals surface area (Å²) in [6.45, 7) is 1.74. The number of hydrogen-bond donors (Lipinski definition) is 2. The molecule has 2 amide bonds. The van der Waals surface area contributed by atoms with E-state index in [1.807, 2.05) is 0 Å². The predicted molar refractivity (Wildman–Crippen MR) is 108 cm³/mol. The molecule has 1 unspecified atom stereocenters. The molecule has 1 atom stereocenters. The Balaban J connectivity index is 1.56. The standard InChI is InChI=1S/C20H19FN4O2S/c1-14(25-11-5-10-22-25)20(27)24-16-7-4-6-15(12-16)23-19(26)13-28-18-9-3-2-8-17(18)21/h2-12,14H,13H2,1H3,(H,23,26)(H,24,27). The van der Waals surface area contributed by atoms with E-state index in [-0.39, 0.29) is 23.4 Å². The molecule has 0 saturated heterocycles. The van der Waals surface area contributed by atoms with Gasteiger partial charge in [0, 0.05) is 28.7 Å². The summed E-state index contributed by atoms with van der Waals surface area (Å²) in [7, 11) is 0. The van der Waals surface area contributed by atoms with Gasteiger partial charge in [-0.05, 0) is 43.3 Å². The van der Waals surface area contributed by atoms with Crippen LogP contribution in [0, 0.1) is 5.82 Å². The first-order valence-electron chi connectivity index (χ1n) is 8.60. The number of carbonyl (C=O) groups is 2. The number of thioether (sulfide) groups is 1. The third-order valence-corrected chi connectivity index (χ3v) is 4.96. The van der Waals surface area contributed by atoms with E-state index in [0.717, 1.165) is 11.8 Å². The average Bonchev–Trinajstić information content (AvgIpc) is 3.22. The number of nitrogens with one attached hydrogen (secondary N) is 2. The first-order chi connectivity index (χ1) is 13.5. The molecule has 0 saturated carbocycles. The van der Waals surface area contributed by atoms with Crippen LogP contribution in [0.3, 0.4) is 0 Å². The van der Waals surface area contributed by atoms with Crippen LogP contribution in [0.4, 0.5) is 15.8 Å². The van der Waals surface area contributed by atoms with Crippen LogP contribution in [0.25, 0.3) is 0 Å². The normalized spacial score (nSPS) is 11.6. The maximum absolute atomic E-state index is 13.6. The number of nitrogens with zero attached hydrogens (tertiary/aromatic N) is 2. The highest BCUT2D eigenvalue weighted by atomic mass is 32.2. The Morgan fingerprint density at radius 2 is 1.86 bits per heavy atom. The zero-order valence-corrected chi connectivity index (χ0v) is 15.9. The monoisotopic (exact) mass is 398 g/mol. The van der Waals surface area contributed by atoms with Crippen LogP contribution in [-0.4, -0.2) is 27.3 Å². The highest BCUT2D eigenvalue weighted by Crippen LogP contribution is 2.22. The Kier molecular flexibility index (Phi) is 6.44. The summed E-state index contributed by atoms with van der Waals surface area (Å²) >= 11 is 1.13. The number of hydrogen-bond acceptors (Lipinski definition) is 4. The van der Waals surface area contributed by atoms with Crippen LogP contribution in [0.15, 0.2) is 71.9 Å². The summed E-state index contributed by atoms with van der Waals surface area (Å²) in [5, 5.41) is 9.61. The maximum atomic E-state index is 13.6. The Morgan fingerprint density at radius 1 is 1.11 bits per heavy atom. The Hall–Kier alpha value is -3.13. The van der Waals surface area contributed by atoms with Gasteiger partial charge in [0.05, 0.1) is 5.75 Å². The second-order valence-corrected chi connectivity index (χ2v) is 7.02. The highest BCUT2D eigenvalue weighted by molar-refractivity contribution is 8.00. The molecule has 0 fully saturated rings. The first kappa shape index (κ1) is 19.6. The minimum atomic E-state index is -0.467. The fourth-order valence-corrected chi connectivity index (χ4v) is 3.19. The topological polar surface area (TPSA) is 76.0 Å². The van der Waals surface area contributed by atoms with E-state index < -0.39 is 6.04 Å². The highest BCUT2D eigenvalue weighted by Gasteiger charge is 2.15. The first-order valence-corrected chi connectivity index (χ1v) is 9.59. The smallest absolute Gasteiger partial charge is 0.248 e. The van der Waals surface area contributed by atoms with Gasteiger partial charge < -0.3 is 10.6 Å². The van der Waals surface area contributed by atoms with E-state index in [1.165, 1.54) is 6.07 Å². The van der Waals surface area contributed by atoms with Crippen molar-refractivity contribution >= 4 is 35.0 Å². The van der Waals surface area contributed by atoms with Crippen LogP contribution in [0.5, 0.6) is 0 Å². The molecule has 1 aromatic heterocycles. The molecule has 0 aliphatic rings. The van der Waals surface area contributed by atoms with Gasteiger partial charge in [0.1, 0.15) is 11.9 Å². The summed E-state index contributed by atoms with van der Waals surface area (Å²) in [6.07, 6.45) is 3.33. The molecule has 2 aromatic carbocycles. The molecule has 0 aliphatic heterocycles. The molecular formula is C20H19FN4O2S. The minimum absolute atomic E-state index is 0.0772. The lowest BCUT2D eigenvalue weighted by Crippen LogP contribution is -2.24. The molecule has 0 spiro atoms. The van der Waals surface area contributed by atoms with Crippen molar-refractivity contribution in [2.75, 3.05) is 16.4 Å². The molecule has 2 N–H and O–H groups in total. The molecule has 0 aliphatic carbocycles. The van der Waals surface area contributed by atoms with Gasteiger partial charge in [-0.25, -0.2) is 4.39 Å². The van der Waals surface area contributed by atoms with Crippen molar-refractivity contribution in [1.29, 1.82) is 0 Å². The van der Waals surface area contributed by atoms with Crippen molar-refractivity contribution in [3.8, 4) is 0 Å². The number of amides is 2. The number of benzene rings is 2. The van der Waals surface area contributed by atoms with E-state index in [9.17, 15) is 14.0 Å². The van der Waals surface area contributed by atoms with Crippen molar-refractivity contribution in [2.45, 2.75) is 17.9 Å². The summed E-state index contributed by atoms with van der Waals surface area (Å²) in [4.78, 5) is 24.9. The van der Waals surface area contributed by atoms with Gasteiger partial charge in [0.25, 0.3) is 0 Å². The van der Waals surface area contributed by atoms with Gasteiger partial charge >= 0.3 is 0 Å². The van der Waals surface area contributed by atoms with Crippen molar-refractivity contribution < 1.29 is 14.0 Å². The lowest BCUT2D eigenvalue weighted by Gasteiger charge is -2.13. The molecule has 0 radical (unpaired) electrons. The fourth-order valence-electron chi connectivity index (χ4n) is 2.45. The molecule has 3 aromatic rings. The number of carbonyl (C=O) groups excluding carboxylic acids is 2. The third-order valence-electron chi connectivity index (χ3n) is 3.91. The van der Waals surface area contributed by atoms with Gasteiger partial charge in [-0.15, -0.1) is 11.8 Å². The minimum Gasteiger partial charge on any atom is -0.325 e. The Morgan fingerprint density at radius 3 is 2.57 bits per heavy atom. The van der Waals surface area contributed by atoms with E-state index in [4.69, 9.17) is 0 Å². The van der Waals surface area contributed by atoms with E-state index in [1.54, 1.807) is 72.5 Å². The molecule has 3 rings (SSSR count). The molecule has 8 heteroatoms. The SMILES string of the molecule is CC(C(=O)Nc1cccc(NC(=O)CSc2ccccc2F)c1)n1cccn1. The number of rotatable bonds is 7. The molecule has 6 nitrogen and oxygen atoms in total. The van der Waals surface area contributed by atoms with Crippen LogP contribution in [-0.2, 0) is 9.59 Å². The average molecular weight is 398 g/mol. The van der Waals surface area contributed by atoms with Gasteiger partial charge in [-0.1, -0.05) is 18.2 Å². The Bertz CT molecular complexity index is 962. The van der Waals surface area contributed by atoms with Crippen molar-refractivity contribution in [3.63, 3.8) is 0 Å². The molecular weight excluding hydrogens is 379 g/mol. The number of aromatic nitrogens is 2. The predicted octanol–water partition coefficient (Wildman–Crippen LogP) is 3.95. The molecule has 0 bridgehead atoms. The lowest BCUT2D eigenvalue weighted by molar-refractivity contribution is -0.119. The van der Waals surface area contributed by atoms with Crippen LogP contribution in [0.1, 0.15) is 13.0 Å². The maximum Gasteiger partial charge on any atom is 0.248 e. The lowest BCUT2D eigenvalue weighted by atomic mass is 10.2. The van der Waals surface area contributed by atoms with Gasteiger partial charge in [0.15, 0.2) is 0 Å². The summed E-state index contributed by atoms with van der Waals surface area (Å²) < 4.78 is 15.2. The van der Waals surface area contributed by atoms with Crippen molar-refractivity contribution in [1.82, 2.24) is 9.78 Å². The van der Waals surface area contributed by atoms with E-state index in [0.29, 0.717) is 16.3 Å². The quantitative estimate of drug-likeness (QED) is 0.591. The number of anilines is 2. The summed E-state index contributed by atoms with van der Waals surface area (Å²) in [5.74, 6) is -0.756. The zero-order valence-electron chi connectivity index (χ0n) is 15.1. The van der Waals surface area contributed by atoms with E-state index in [2.05, 4.69) is 15.7 Å². The Labute approximate surface area is 166 Å². The molecule has 1 heterocycles. The second kappa shape index (κ2) is 9.18. The van der Waals surface area contributed by atoms with Crippen LogP contribution >= 0.6 is 11.8 Å². The van der Waals surface area contributed by atoms with Crippen molar-refractivity contribution in [2.24, 2.45) is 0 Å². The van der Waals surface area contributed by atoms with Gasteiger partial charge in [-0.3, -0.25) is 14.3 Å². The van der Waals surface area contributed by atoms with Crippen LogP contribution in [0.2, 0.25) is 0 Å². The largest absolute Gasteiger partial charge is 0.325 e. The van der Waals surface area contributed by atoms with E-state index >= 15 is 0 Å². The van der Waals surface area contributed by atoms with Crippen molar-refractivity contribution in [3.05, 3.63) is 72.8 Å². The summed E-state index contributed by atoms with van der Waals surface area (Å²) in [5.41, 5.74) is 1.10. The number of halogens is 1. The van der Waals surface area contributed by atoms with Gasteiger partial charge in [0.2, 0.25) is 11.8 Å². The van der Waals surface area contributed by atoms with Crippen LogP contribution < -0.4 is 10.6 Å². The molecule has 28 heavy (non-hydrogen) atoms. The second-order valence-electron chi connectivity index (χ2n) is 6.00. The summed E-state index contributed by atoms with van der Waals surface area (Å²) in [6, 6.07) is 14.4. The molecule has 144 valence electrons. The third kappa shape index (κ3) is 5.20. The zero-order chi connectivity index (χ0) is 19.9.